The molecule has 0 aromatic heterocycles. The van der Waals surface area contributed by atoms with Gasteiger partial charge in [0.05, 0.1) is 18.1 Å². The fraction of sp³-hybridized carbons (Fsp3) is 0.391. The average Bonchev–Trinajstić information content (AvgIpc) is 3.34. The number of nitrogens with one attached hydrogen (secondary N) is 1. The minimum Gasteiger partial charge on any atom is -0.493 e. The number of hydrogen-bond donors (Lipinski definition) is 1. The third-order valence-corrected chi connectivity index (χ3v) is 8.49. The van der Waals surface area contributed by atoms with Crippen molar-refractivity contribution >= 4 is 34.5 Å². The zero-order valence-electron chi connectivity index (χ0n) is 16.6. The van der Waals surface area contributed by atoms with Gasteiger partial charge in [0.1, 0.15) is 6.10 Å². The molecule has 2 aliphatic carbocycles. The summed E-state index contributed by atoms with van der Waals surface area (Å²) in [4.78, 5) is 26.4. The lowest BCUT2D eigenvalue weighted by Crippen LogP contribution is -2.60. The van der Waals surface area contributed by atoms with E-state index in [1.54, 1.807) is 26.4 Å². The molecule has 2 saturated carbocycles. The van der Waals surface area contributed by atoms with Gasteiger partial charge in [-0.3, -0.25) is 4.79 Å². The molecule has 5 rings (SSSR count). The first-order valence-corrected chi connectivity index (χ1v) is 11.2. The Morgan fingerprint density at radius 2 is 1.87 bits per heavy atom. The van der Waals surface area contributed by atoms with Crippen molar-refractivity contribution in [3.63, 3.8) is 0 Å². The van der Waals surface area contributed by atoms with Crippen LogP contribution in [0.2, 0.25) is 0 Å². The Balaban J connectivity index is 1.60. The number of hydrogen-bond acceptors (Lipinski definition) is 5. The smallest absolute Gasteiger partial charge is 0.333 e. The Kier molecular flexibility index (Phi) is 4.68. The van der Waals surface area contributed by atoms with E-state index >= 15 is 0 Å². The van der Waals surface area contributed by atoms with Crippen LogP contribution in [0.3, 0.4) is 0 Å². The maximum Gasteiger partial charge on any atom is 0.333 e. The molecule has 1 heterocycles. The average molecular weight is 519 g/mol. The molecule has 6 nitrogen and oxygen atoms in total. The zero-order valence-corrected chi connectivity index (χ0v) is 18.8. The lowest BCUT2D eigenvalue weighted by atomic mass is 9.70. The van der Waals surface area contributed by atoms with Crippen molar-refractivity contribution in [3.05, 3.63) is 59.7 Å². The monoisotopic (exact) mass is 519 g/mol. The number of rotatable bonds is 5. The molecule has 2 bridgehead atoms. The van der Waals surface area contributed by atoms with Gasteiger partial charge in [-0.15, -0.1) is 0 Å². The van der Waals surface area contributed by atoms with E-state index in [1.165, 1.54) is 0 Å². The second-order valence-electron chi connectivity index (χ2n) is 8.10. The van der Waals surface area contributed by atoms with E-state index in [1.807, 2.05) is 36.4 Å². The summed E-state index contributed by atoms with van der Waals surface area (Å²) in [5.74, 6) is 0.645. The zero-order chi connectivity index (χ0) is 21.0. The van der Waals surface area contributed by atoms with E-state index in [-0.39, 0.29) is 39.7 Å². The maximum atomic E-state index is 13.3. The highest BCUT2D eigenvalue weighted by Crippen LogP contribution is 2.65. The van der Waals surface area contributed by atoms with Gasteiger partial charge in [0.2, 0.25) is 0 Å². The summed E-state index contributed by atoms with van der Waals surface area (Å²) in [6.45, 7) is 0. The van der Waals surface area contributed by atoms with Crippen molar-refractivity contribution < 1.29 is 23.8 Å². The van der Waals surface area contributed by atoms with Gasteiger partial charge in [-0.1, -0.05) is 46.9 Å². The van der Waals surface area contributed by atoms with Crippen LogP contribution in [0.4, 0.5) is 0 Å². The van der Waals surface area contributed by atoms with Gasteiger partial charge in [-0.05, 0) is 42.2 Å². The number of carbonyl (C=O) groups is 2. The van der Waals surface area contributed by atoms with Gasteiger partial charge >= 0.3 is 5.97 Å². The van der Waals surface area contributed by atoms with Gasteiger partial charge in [0, 0.05) is 17.4 Å². The lowest BCUT2D eigenvalue weighted by Gasteiger charge is -2.39. The van der Waals surface area contributed by atoms with Crippen molar-refractivity contribution in [2.45, 2.75) is 27.9 Å². The van der Waals surface area contributed by atoms with Crippen LogP contribution in [-0.2, 0) is 9.53 Å². The van der Waals surface area contributed by atoms with Crippen LogP contribution in [-0.4, -0.2) is 41.7 Å². The normalized spacial score (nSPS) is 33.3. The molecule has 3 aliphatic rings. The Morgan fingerprint density at radius 3 is 2.57 bits per heavy atom. The molecule has 1 aliphatic heterocycles. The number of ether oxygens (including phenoxy) is 3. The predicted molar refractivity (Wildman–Crippen MR) is 118 cm³/mol. The van der Waals surface area contributed by atoms with Crippen LogP contribution in [0.1, 0.15) is 28.3 Å². The molecule has 2 aromatic rings. The first-order chi connectivity index (χ1) is 14.5. The van der Waals surface area contributed by atoms with Gasteiger partial charge in [-0.2, -0.15) is 0 Å². The minimum atomic E-state index is -1.07. The molecule has 156 valence electrons. The number of carbonyl (C=O) groups excluding carboxylic acids is 2. The second-order valence-corrected chi connectivity index (χ2v) is 9.54. The second kappa shape index (κ2) is 7.14. The van der Waals surface area contributed by atoms with E-state index in [0.717, 1.165) is 12.0 Å². The van der Waals surface area contributed by atoms with Crippen molar-refractivity contribution in [2.24, 2.45) is 11.8 Å². The number of esters is 1. The largest absolute Gasteiger partial charge is 0.493 e. The van der Waals surface area contributed by atoms with Crippen LogP contribution in [0.5, 0.6) is 11.5 Å². The van der Waals surface area contributed by atoms with Crippen molar-refractivity contribution in [2.75, 3.05) is 14.2 Å². The van der Waals surface area contributed by atoms with E-state index in [2.05, 4.69) is 27.9 Å². The van der Waals surface area contributed by atoms with Crippen molar-refractivity contribution in [1.82, 2.24) is 5.32 Å². The number of methoxy groups -OCH3 is 2. The quantitative estimate of drug-likeness (QED) is 0.373. The Labute approximate surface area is 188 Å². The molecule has 30 heavy (non-hydrogen) atoms. The molecule has 1 saturated heterocycles. The van der Waals surface area contributed by atoms with E-state index < -0.39 is 5.54 Å². The van der Waals surface area contributed by atoms with Crippen LogP contribution >= 0.6 is 22.6 Å². The molecule has 1 amide bonds. The molecule has 0 radical (unpaired) electrons. The summed E-state index contributed by atoms with van der Waals surface area (Å²) in [5.41, 5.74) is 0.416. The SMILES string of the molecule is COc1ccc([C@@H]2[C@@H]3C[C@H]4[C@H](OC(=O)[C@@]24NC(=O)c2ccccc2)[C@H]3I)cc1OC. The van der Waals surface area contributed by atoms with E-state index in [0.29, 0.717) is 17.1 Å². The molecule has 1 N–H and O–H groups in total. The maximum absolute atomic E-state index is 13.3. The number of alkyl halides is 1. The van der Waals surface area contributed by atoms with Crippen LogP contribution < -0.4 is 14.8 Å². The molecule has 6 atom stereocenters. The lowest BCUT2D eigenvalue weighted by molar-refractivity contribution is -0.145. The Hall–Kier alpha value is -2.29. The molecule has 2 aromatic carbocycles. The molecular formula is C23H22INO5. The third kappa shape index (κ3) is 2.60. The fourth-order valence-electron chi connectivity index (χ4n) is 5.63. The number of amides is 1. The number of benzene rings is 2. The van der Waals surface area contributed by atoms with Crippen LogP contribution in [0, 0.1) is 11.8 Å². The van der Waals surface area contributed by atoms with E-state index in [9.17, 15) is 9.59 Å². The highest BCUT2D eigenvalue weighted by atomic mass is 127. The Morgan fingerprint density at radius 1 is 1.13 bits per heavy atom. The van der Waals surface area contributed by atoms with Gasteiger partial charge in [0.15, 0.2) is 17.0 Å². The molecular weight excluding hydrogens is 497 g/mol. The first-order valence-electron chi connectivity index (χ1n) is 9.96. The van der Waals surface area contributed by atoms with Gasteiger partial charge < -0.3 is 19.5 Å². The molecule has 7 heteroatoms. The van der Waals surface area contributed by atoms with Crippen LogP contribution in [0.15, 0.2) is 48.5 Å². The topological polar surface area (TPSA) is 73.9 Å². The summed E-state index contributed by atoms with van der Waals surface area (Å²) < 4.78 is 16.9. The highest BCUT2D eigenvalue weighted by Gasteiger charge is 2.75. The number of halogens is 1. The van der Waals surface area contributed by atoms with Gasteiger partial charge in [-0.25, -0.2) is 4.79 Å². The first kappa shape index (κ1) is 19.7. The summed E-state index contributed by atoms with van der Waals surface area (Å²) >= 11 is 2.40. The standard InChI is InChI=1S/C23H22INO5/c1-28-16-9-8-13(10-17(16)29-2)18-14-11-15-20(19(14)24)30-22(27)23(15,18)25-21(26)12-6-4-3-5-7-12/h3-10,14-15,18-20H,11H2,1-2H3,(H,25,26)/t14-,15-,18+,19-,20-,23-/m0/s1. The number of fused-ring (bicyclic) bond motifs is 1. The van der Waals surface area contributed by atoms with Crippen molar-refractivity contribution in [1.29, 1.82) is 0 Å². The molecule has 0 spiro atoms. The molecule has 3 fully saturated rings. The minimum absolute atomic E-state index is 0.0392. The van der Waals surface area contributed by atoms with Gasteiger partial charge in [0.25, 0.3) is 5.91 Å². The summed E-state index contributed by atoms with van der Waals surface area (Å²) in [6, 6.07) is 14.7. The predicted octanol–water partition coefficient (Wildman–Crippen LogP) is 3.33. The van der Waals surface area contributed by atoms with E-state index in [4.69, 9.17) is 14.2 Å². The molecule has 0 unspecified atom stereocenters. The summed E-state index contributed by atoms with van der Waals surface area (Å²) in [7, 11) is 3.19. The highest BCUT2D eigenvalue weighted by molar-refractivity contribution is 14.1. The summed E-state index contributed by atoms with van der Waals surface area (Å²) in [6.07, 6.45) is 0.688. The third-order valence-electron chi connectivity index (χ3n) is 6.85. The fourth-order valence-corrected chi connectivity index (χ4v) is 6.99. The summed E-state index contributed by atoms with van der Waals surface area (Å²) in [5, 5.41) is 3.13. The Bertz CT molecular complexity index is 1010. The van der Waals surface area contributed by atoms with Crippen molar-refractivity contribution in [3.8, 4) is 11.5 Å². The van der Waals surface area contributed by atoms with Crippen LogP contribution in [0.25, 0.3) is 0 Å².